The number of imidazole rings is 1. The van der Waals surface area contributed by atoms with Crippen LogP contribution in [0.3, 0.4) is 0 Å². The number of benzene rings is 1. The summed E-state index contributed by atoms with van der Waals surface area (Å²) in [5, 5.41) is 0. The highest BCUT2D eigenvalue weighted by molar-refractivity contribution is 5.90. The Bertz CT molecular complexity index is 656. The van der Waals surface area contributed by atoms with Gasteiger partial charge in [-0.05, 0) is 44.6 Å². The zero-order chi connectivity index (χ0) is 15.5. The second-order valence-electron chi connectivity index (χ2n) is 6.25. The van der Waals surface area contributed by atoms with Crippen molar-refractivity contribution in [3.05, 3.63) is 30.1 Å². The number of fused-ring (bicyclic) bond motifs is 1. The minimum atomic E-state index is 0.139. The van der Waals surface area contributed by atoms with Crippen LogP contribution < -0.4 is 0 Å². The van der Waals surface area contributed by atoms with Crippen molar-refractivity contribution in [2.75, 3.05) is 39.8 Å². The van der Waals surface area contributed by atoms with Crippen LogP contribution in [0.4, 0.5) is 0 Å². The summed E-state index contributed by atoms with van der Waals surface area (Å²) in [6, 6.07) is 6.03. The van der Waals surface area contributed by atoms with Gasteiger partial charge in [0, 0.05) is 32.6 Å². The van der Waals surface area contributed by atoms with Crippen molar-refractivity contribution >= 4 is 16.9 Å². The Morgan fingerprint density at radius 1 is 1.23 bits per heavy atom. The van der Waals surface area contributed by atoms with Crippen LogP contribution in [0.25, 0.3) is 11.0 Å². The van der Waals surface area contributed by atoms with Gasteiger partial charge in [-0.1, -0.05) is 6.07 Å². The van der Waals surface area contributed by atoms with Crippen LogP contribution in [0.5, 0.6) is 0 Å². The molecular weight excluding hydrogens is 276 g/mol. The molecule has 5 heteroatoms. The molecule has 0 unspecified atom stereocenters. The van der Waals surface area contributed by atoms with E-state index in [4.69, 9.17) is 0 Å². The van der Waals surface area contributed by atoms with Gasteiger partial charge < -0.3 is 9.80 Å². The highest BCUT2D eigenvalue weighted by Crippen LogP contribution is 2.15. The van der Waals surface area contributed by atoms with Crippen molar-refractivity contribution in [3.63, 3.8) is 0 Å². The predicted octanol–water partition coefficient (Wildman–Crippen LogP) is 2.01. The molecule has 1 aliphatic rings. The average Bonchev–Trinajstić information content (AvgIpc) is 2.92. The van der Waals surface area contributed by atoms with Crippen LogP contribution in [-0.4, -0.2) is 65.0 Å². The summed E-state index contributed by atoms with van der Waals surface area (Å²) in [5.74, 6) is 0.139. The minimum absolute atomic E-state index is 0.139. The summed E-state index contributed by atoms with van der Waals surface area (Å²) in [6.45, 7) is 7.51. The third-order valence-electron chi connectivity index (χ3n) is 4.43. The molecule has 5 nitrogen and oxygen atoms in total. The molecule has 0 radical (unpaired) electrons. The fourth-order valence-corrected chi connectivity index (χ4v) is 2.97. The Labute approximate surface area is 131 Å². The molecule has 118 valence electrons. The van der Waals surface area contributed by atoms with Crippen molar-refractivity contribution < 1.29 is 4.79 Å². The lowest BCUT2D eigenvalue weighted by Gasteiger charge is -2.32. The van der Waals surface area contributed by atoms with Gasteiger partial charge in [0.15, 0.2) is 0 Å². The fraction of sp³-hybridized carbons (Fsp3) is 0.529. The van der Waals surface area contributed by atoms with Gasteiger partial charge in [0.2, 0.25) is 5.91 Å². The molecule has 1 aromatic heterocycles. The van der Waals surface area contributed by atoms with E-state index in [2.05, 4.69) is 21.8 Å². The number of aromatic nitrogens is 2. The largest absolute Gasteiger partial charge is 0.304 e. The van der Waals surface area contributed by atoms with Crippen molar-refractivity contribution in [3.8, 4) is 0 Å². The number of hydrogen-bond acceptors (Lipinski definition) is 4. The van der Waals surface area contributed by atoms with Gasteiger partial charge in [0.25, 0.3) is 0 Å². The SMILES string of the molecule is Cc1ccc2c(c1)ncn2C(=O)CCCN1CCN(C)CC1. The van der Waals surface area contributed by atoms with Gasteiger partial charge >= 0.3 is 0 Å². The number of carbonyl (C=O) groups is 1. The molecule has 0 aliphatic carbocycles. The third kappa shape index (κ3) is 3.36. The van der Waals surface area contributed by atoms with E-state index < -0.39 is 0 Å². The summed E-state index contributed by atoms with van der Waals surface area (Å²) >= 11 is 0. The highest BCUT2D eigenvalue weighted by atomic mass is 16.2. The quantitative estimate of drug-likeness (QED) is 0.866. The first-order chi connectivity index (χ1) is 10.6. The minimum Gasteiger partial charge on any atom is -0.304 e. The smallest absolute Gasteiger partial charge is 0.232 e. The van der Waals surface area contributed by atoms with Gasteiger partial charge in [-0.2, -0.15) is 0 Å². The molecule has 0 saturated carbocycles. The molecule has 1 aliphatic heterocycles. The number of piperazine rings is 1. The molecule has 2 heterocycles. The molecule has 1 fully saturated rings. The first-order valence-electron chi connectivity index (χ1n) is 8.01. The Morgan fingerprint density at radius 3 is 2.77 bits per heavy atom. The van der Waals surface area contributed by atoms with Crippen LogP contribution in [-0.2, 0) is 0 Å². The highest BCUT2D eigenvalue weighted by Gasteiger charge is 2.14. The maximum Gasteiger partial charge on any atom is 0.232 e. The van der Waals surface area contributed by atoms with E-state index in [-0.39, 0.29) is 5.91 Å². The lowest BCUT2D eigenvalue weighted by Crippen LogP contribution is -2.44. The summed E-state index contributed by atoms with van der Waals surface area (Å²) in [6.07, 6.45) is 3.14. The van der Waals surface area contributed by atoms with Gasteiger partial charge in [-0.15, -0.1) is 0 Å². The zero-order valence-corrected chi connectivity index (χ0v) is 13.5. The van der Waals surface area contributed by atoms with Crippen LogP contribution >= 0.6 is 0 Å². The van der Waals surface area contributed by atoms with Crippen LogP contribution in [0.1, 0.15) is 23.2 Å². The molecular formula is C17H24N4O. The first kappa shape index (κ1) is 15.2. The van der Waals surface area contributed by atoms with Crippen molar-refractivity contribution in [1.82, 2.24) is 19.4 Å². The molecule has 0 amide bonds. The Kier molecular flexibility index (Phi) is 4.55. The maximum atomic E-state index is 12.4. The second-order valence-corrected chi connectivity index (χ2v) is 6.25. The van der Waals surface area contributed by atoms with Gasteiger partial charge in [0.05, 0.1) is 11.0 Å². The van der Waals surface area contributed by atoms with Crippen molar-refractivity contribution in [2.24, 2.45) is 0 Å². The van der Waals surface area contributed by atoms with Gasteiger partial charge in [0.1, 0.15) is 6.33 Å². The predicted molar refractivity (Wildman–Crippen MR) is 88.3 cm³/mol. The van der Waals surface area contributed by atoms with Gasteiger partial charge in [-0.3, -0.25) is 9.36 Å². The van der Waals surface area contributed by atoms with Crippen molar-refractivity contribution in [1.29, 1.82) is 0 Å². The second kappa shape index (κ2) is 6.58. The average molecular weight is 300 g/mol. The summed E-state index contributed by atoms with van der Waals surface area (Å²) in [4.78, 5) is 21.5. The van der Waals surface area contributed by atoms with E-state index in [1.807, 2.05) is 25.1 Å². The normalized spacial score (nSPS) is 17.2. The number of rotatable bonds is 4. The summed E-state index contributed by atoms with van der Waals surface area (Å²) in [7, 11) is 2.16. The monoisotopic (exact) mass is 300 g/mol. The Hall–Kier alpha value is -1.72. The van der Waals surface area contributed by atoms with Gasteiger partial charge in [-0.25, -0.2) is 4.98 Å². The lowest BCUT2D eigenvalue weighted by molar-refractivity contribution is 0.0892. The Morgan fingerprint density at radius 2 is 2.00 bits per heavy atom. The molecule has 0 bridgehead atoms. The van der Waals surface area contributed by atoms with E-state index in [1.54, 1.807) is 10.9 Å². The molecule has 0 atom stereocenters. The molecule has 1 saturated heterocycles. The molecule has 1 aromatic carbocycles. The van der Waals surface area contributed by atoms with E-state index in [0.29, 0.717) is 6.42 Å². The van der Waals surface area contributed by atoms with E-state index >= 15 is 0 Å². The zero-order valence-electron chi connectivity index (χ0n) is 13.5. The molecule has 0 N–H and O–H groups in total. The lowest BCUT2D eigenvalue weighted by atomic mass is 10.2. The van der Waals surface area contributed by atoms with E-state index in [0.717, 1.165) is 50.2 Å². The number of nitrogens with zero attached hydrogens (tertiary/aromatic N) is 4. The standard InChI is InChI=1S/C17H24N4O/c1-14-5-6-16-15(12-14)18-13-21(16)17(22)4-3-7-20-10-8-19(2)9-11-20/h5-6,12-13H,3-4,7-11H2,1-2H3. The number of carbonyl (C=O) groups excluding carboxylic acids is 1. The molecule has 3 rings (SSSR count). The fourth-order valence-electron chi connectivity index (χ4n) is 2.97. The van der Waals surface area contributed by atoms with Crippen molar-refractivity contribution in [2.45, 2.75) is 19.8 Å². The summed E-state index contributed by atoms with van der Waals surface area (Å²) in [5.41, 5.74) is 2.97. The summed E-state index contributed by atoms with van der Waals surface area (Å²) < 4.78 is 1.69. The molecule has 2 aromatic rings. The number of likely N-dealkylation sites (N-methyl/N-ethyl adjacent to an activating group) is 1. The maximum absolute atomic E-state index is 12.4. The molecule has 22 heavy (non-hydrogen) atoms. The number of hydrogen-bond donors (Lipinski definition) is 0. The topological polar surface area (TPSA) is 41.4 Å². The van der Waals surface area contributed by atoms with E-state index in [1.165, 1.54) is 5.56 Å². The Balaban J connectivity index is 1.55. The van der Waals surface area contributed by atoms with E-state index in [9.17, 15) is 4.79 Å². The third-order valence-corrected chi connectivity index (χ3v) is 4.43. The van der Waals surface area contributed by atoms with Crippen LogP contribution in [0.2, 0.25) is 0 Å². The first-order valence-corrected chi connectivity index (χ1v) is 8.01. The van der Waals surface area contributed by atoms with Crippen LogP contribution in [0, 0.1) is 6.92 Å². The van der Waals surface area contributed by atoms with Crippen LogP contribution in [0.15, 0.2) is 24.5 Å². The molecule has 0 spiro atoms. The number of aryl methyl sites for hydroxylation is 1.